The second kappa shape index (κ2) is 7.58. The molecule has 1 aromatic carbocycles. The van der Waals surface area contributed by atoms with Gasteiger partial charge in [0.1, 0.15) is 0 Å². The van der Waals surface area contributed by atoms with Crippen LogP contribution in [-0.2, 0) is 27.1 Å². The molecule has 1 aromatic rings. The van der Waals surface area contributed by atoms with Crippen molar-refractivity contribution in [3.63, 3.8) is 0 Å². The van der Waals surface area contributed by atoms with Crippen molar-refractivity contribution < 1.29 is 27.6 Å². The minimum absolute atomic E-state index is 0.00307. The lowest BCUT2D eigenvalue weighted by Gasteiger charge is -2.36. The van der Waals surface area contributed by atoms with E-state index in [1.54, 1.807) is 0 Å². The van der Waals surface area contributed by atoms with E-state index in [1.165, 1.54) is 21.9 Å². The van der Waals surface area contributed by atoms with Gasteiger partial charge in [-0.2, -0.15) is 13.2 Å². The monoisotopic (exact) mass is 383 g/mol. The Hall–Kier alpha value is -2.58. The maximum atomic E-state index is 12.9. The first-order valence-electron chi connectivity index (χ1n) is 8.73. The number of nitrogens with one attached hydrogen (secondary N) is 1. The molecule has 0 aromatic heterocycles. The van der Waals surface area contributed by atoms with Gasteiger partial charge in [0.15, 0.2) is 0 Å². The predicted molar refractivity (Wildman–Crippen MR) is 89.2 cm³/mol. The third-order valence-corrected chi connectivity index (χ3v) is 4.83. The molecule has 3 amide bonds. The van der Waals surface area contributed by atoms with Crippen LogP contribution in [0.4, 0.5) is 13.2 Å². The normalized spacial score (nSPS) is 21.2. The van der Waals surface area contributed by atoms with Crippen molar-refractivity contribution in [2.75, 3.05) is 26.2 Å². The van der Waals surface area contributed by atoms with Crippen molar-refractivity contribution in [2.45, 2.75) is 25.6 Å². The fourth-order valence-electron chi connectivity index (χ4n) is 3.42. The van der Waals surface area contributed by atoms with E-state index >= 15 is 0 Å². The smallest absolute Gasteiger partial charge is 0.353 e. The Balaban J connectivity index is 1.68. The van der Waals surface area contributed by atoms with Crippen molar-refractivity contribution in [1.29, 1.82) is 0 Å². The number of hydrogen-bond acceptors (Lipinski definition) is 3. The highest BCUT2D eigenvalue weighted by molar-refractivity contribution is 5.88. The molecule has 0 aliphatic carbocycles. The summed E-state index contributed by atoms with van der Waals surface area (Å²) in [4.78, 5) is 39.2. The van der Waals surface area contributed by atoms with E-state index in [-0.39, 0.29) is 43.8 Å². The molecule has 2 aliphatic rings. The van der Waals surface area contributed by atoms with E-state index in [2.05, 4.69) is 5.32 Å². The summed E-state index contributed by atoms with van der Waals surface area (Å²) in [7, 11) is 0. The number of halogens is 3. The number of piperazine rings is 1. The summed E-state index contributed by atoms with van der Waals surface area (Å²) in [6.45, 7) is 0.975. The van der Waals surface area contributed by atoms with Gasteiger partial charge < -0.3 is 15.1 Å². The molecule has 9 heteroatoms. The molecule has 0 saturated carbocycles. The molecule has 2 saturated heterocycles. The number of piperidine rings is 1. The fourth-order valence-corrected chi connectivity index (χ4v) is 3.42. The van der Waals surface area contributed by atoms with Crippen LogP contribution in [0.25, 0.3) is 0 Å². The Morgan fingerprint density at radius 2 is 2.04 bits per heavy atom. The van der Waals surface area contributed by atoms with Crippen LogP contribution in [0.1, 0.15) is 24.0 Å². The van der Waals surface area contributed by atoms with Gasteiger partial charge in [0.25, 0.3) is 0 Å². The second-order valence-electron chi connectivity index (χ2n) is 6.82. The van der Waals surface area contributed by atoms with E-state index in [0.717, 1.165) is 12.1 Å². The van der Waals surface area contributed by atoms with Crippen molar-refractivity contribution in [3.05, 3.63) is 35.4 Å². The van der Waals surface area contributed by atoms with Gasteiger partial charge in [-0.05, 0) is 24.1 Å². The molecule has 27 heavy (non-hydrogen) atoms. The number of alkyl halides is 3. The average molecular weight is 383 g/mol. The van der Waals surface area contributed by atoms with E-state index < -0.39 is 17.7 Å². The zero-order valence-corrected chi connectivity index (χ0v) is 14.6. The van der Waals surface area contributed by atoms with Crippen molar-refractivity contribution >= 4 is 17.7 Å². The molecule has 2 fully saturated rings. The van der Waals surface area contributed by atoms with Gasteiger partial charge in [-0.15, -0.1) is 0 Å². The number of likely N-dealkylation sites (tertiary alicyclic amines) is 1. The predicted octanol–water partition coefficient (Wildman–Crippen LogP) is 1.40. The van der Waals surface area contributed by atoms with Crippen molar-refractivity contribution in [1.82, 2.24) is 15.1 Å². The van der Waals surface area contributed by atoms with Crippen LogP contribution in [0.3, 0.4) is 0 Å². The zero-order chi connectivity index (χ0) is 19.6. The fraction of sp³-hybridized carbons (Fsp3) is 0.500. The van der Waals surface area contributed by atoms with Gasteiger partial charge in [0, 0.05) is 32.6 Å². The molecular weight excluding hydrogens is 363 g/mol. The molecule has 6 nitrogen and oxygen atoms in total. The summed E-state index contributed by atoms with van der Waals surface area (Å²) in [5, 5.41) is 2.65. The molecular formula is C18H20F3N3O3. The van der Waals surface area contributed by atoms with Gasteiger partial charge in [-0.1, -0.05) is 12.1 Å². The Morgan fingerprint density at radius 1 is 1.26 bits per heavy atom. The van der Waals surface area contributed by atoms with Gasteiger partial charge >= 0.3 is 6.18 Å². The van der Waals surface area contributed by atoms with Gasteiger partial charge in [0.2, 0.25) is 17.7 Å². The molecule has 0 radical (unpaired) electrons. The van der Waals surface area contributed by atoms with Crippen LogP contribution in [-0.4, -0.2) is 53.7 Å². The molecule has 3 rings (SSSR count). The van der Waals surface area contributed by atoms with Crippen molar-refractivity contribution in [3.8, 4) is 0 Å². The highest BCUT2D eigenvalue weighted by Gasteiger charge is 2.35. The summed E-state index contributed by atoms with van der Waals surface area (Å²) in [5.41, 5.74) is -0.403. The number of carbonyl (C=O) groups excluding carboxylic acids is 3. The van der Waals surface area contributed by atoms with Crippen LogP contribution in [0.5, 0.6) is 0 Å². The first kappa shape index (κ1) is 19.2. The highest BCUT2D eigenvalue weighted by Crippen LogP contribution is 2.30. The van der Waals surface area contributed by atoms with Crippen LogP contribution in [0.2, 0.25) is 0 Å². The maximum Gasteiger partial charge on any atom is 0.416 e. The van der Waals surface area contributed by atoms with E-state index in [1.807, 2.05) is 0 Å². The van der Waals surface area contributed by atoms with Crippen LogP contribution >= 0.6 is 0 Å². The molecule has 0 bridgehead atoms. The number of nitrogens with zero attached hydrogens (tertiary/aromatic N) is 2. The van der Waals surface area contributed by atoms with Crippen LogP contribution < -0.4 is 5.32 Å². The van der Waals surface area contributed by atoms with E-state index in [9.17, 15) is 27.6 Å². The van der Waals surface area contributed by atoms with Gasteiger partial charge in [0.05, 0.1) is 18.0 Å². The summed E-state index contributed by atoms with van der Waals surface area (Å²) in [6.07, 6.45) is -3.90. The highest BCUT2D eigenvalue weighted by atomic mass is 19.4. The van der Waals surface area contributed by atoms with E-state index in [4.69, 9.17) is 0 Å². The summed E-state index contributed by atoms with van der Waals surface area (Å²) in [6, 6.07) is 4.84. The lowest BCUT2D eigenvalue weighted by Crippen LogP contribution is -2.54. The van der Waals surface area contributed by atoms with Gasteiger partial charge in [-0.25, -0.2) is 0 Å². The Kier molecular flexibility index (Phi) is 5.38. The first-order valence-corrected chi connectivity index (χ1v) is 8.73. The minimum Gasteiger partial charge on any atom is -0.353 e. The van der Waals surface area contributed by atoms with Crippen molar-refractivity contribution in [2.24, 2.45) is 5.92 Å². The number of benzene rings is 1. The largest absolute Gasteiger partial charge is 0.416 e. The molecule has 2 heterocycles. The summed E-state index contributed by atoms with van der Waals surface area (Å²) in [5.74, 6) is -1.04. The quantitative estimate of drug-likeness (QED) is 0.858. The topological polar surface area (TPSA) is 69.7 Å². The Labute approximate surface area is 154 Å². The zero-order valence-electron chi connectivity index (χ0n) is 14.6. The maximum absolute atomic E-state index is 12.9. The first-order chi connectivity index (χ1) is 12.7. The lowest BCUT2D eigenvalue weighted by molar-refractivity contribution is -0.146. The van der Waals surface area contributed by atoms with Crippen LogP contribution in [0.15, 0.2) is 24.3 Å². The lowest BCUT2D eigenvalue weighted by atomic mass is 9.95. The molecule has 1 unspecified atom stereocenters. The molecule has 1 atom stereocenters. The second-order valence-corrected chi connectivity index (χ2v) is 6.82. The number of rotatable bonds is 3. The summed E-state index contributed by atoms with van der Waals surface area (Å²) < 4.78 is 38.6. The van der Waals surface area contributed by atoms with Crippen LogP contribution in [0, 0.1) is 5.92 Å². The van der Waals surface area contributed by atoms with E-state index in [0.29, 0.717) is 25.1 Å². The number of carbonyl (C=O) groups is 3. The summed E-state index contributed by atoms with van der Waals surface area (Å²) >= 11 is 0. The average Bonchev–Trinajstić information content (AvgIpc) is 2.62. The molecule has 146 valence electrons. The Morgan fingerprint density at radius 3 is 2.74 bits per heavy atom. The molecule has 1 N–H and O–H groups in total. The van der Waals surface area contributed by atoms with Gasteiger partial charge in [-0.3, -0.25) is 14.4 Å². The molecule has 2 aliphatic heterocycles. The third-order valence-electron chi connectivity index (χ3n) is 4.83. The standard InChI is InChI=1S/C18H20F3N3O3/c19-18(20,21)14-3-1-2-12(8-14)9-24-10-13(4-5-16(24)26)17(27)23-7-6-22-15(25)11-23/h1-3,8,13H,4-7,9-11H2,(H,22,25). The number of hydrogen-bond donors (Lipinski definition) is 1. The minimum atomic E-state index is -4.45. The third kappa shape index (κ3) is 4.58. The molecule has 0 spiro atoms. The Bertz CT molecular complexity index is 751. The number of amides is 3. The SMILES string of the molecule is O=C1CN(C(=O)C2CCC(=O)N(Cc3cccc(C(F)(F)F)c3)C2)CCN1.